The molecule has 1 aromatic carbocycles. The van der Waals surface area contributed by atoms with Gasteiger partial charge < -0.3 is 5.32 Å². The molecule has 2 aromatic rings. The summed E-state index contributed by atoms with van der Waals surface area (Å²) in [6.07, 6.45) is 0.766. The predicted molar refractivity (Wildman–Crippen MR) is 93.8 cm³/mol. The number of nitrogens with one attached hydrogen (secondary N) is 2. The monoisotopic (exact) mass is 363 g/mol. The van der Waals surface area contributed by atoms with Crippen molar-refractivity contribution in [3.05, 3.63) is 52.2 Å². The lowest BCUT2D eigenvalue weighted by Crippen LogP contribution is -2.35. The molecule has 1 atom stereocenters. The molecule has 1 unspecified atom stereocenters. The average Bonchev–Trinajstić information content (AvgIpc) is 3.15. The quantitative estimate of drug-likeness (QED) is 0.844. The molecule has 0 fully saturated rings. The molecule has 1 aliphatic heterocycles. The first-order chi connectivity index (χ1) is 11.5. The number of amidine groups is 1. The highest BCUT2D eigenvalue weighted by molar-refractivity contribution is 7.90. The van der Waals surface area contributed by atoms with Gasteiger partial charge in [0.15, 0.2) is 0 Å². The van der Waals surface area contributed by atoms with Crippen molar-refractivity contribution < 1.29 is 13.2 Å². The van der Waals surface area contributed by atoms with E-state index >= 15 is 0 Å². The summed E-state index contributed by atoms with van der Waals surface area (Å²) in [6.45, 7) is 2.17. The average molecular weight is 363 g/mol. The second-order valence-corrected chi connectivity index (χ2v) is 8.06. The summed E-state index contributed by atoms with van der Waals surface area (Å²) >= 11 is 1.65. The fraction of sp³-hybridized carbons (Fsp3) is 0.250. The van der Waals surface area contributed by atoms with E-state index in [1.165, 1.54) is 10.9 Å². The van der Waals surface area contributed by atoms with Crippen LogP contribution in [0.1, 0.15) is 17.4 Å². The van der Waals surface area contributed by atoms with Gasteiger partial charge in [-0.1, -0.05) is 18.2 Å². The number of carbonyl (C=O) groups is 1. The summed E-state index contributed by atoms with van der Waals surface area (Å²) in [5.41, 5.74) is 0.496. The third-order valence-corrected chi connectivity index (χ3v) is 5.95. The Bertz CT molecular complexity index is 874. The molecule has 0 radical (unpaired) electrons. The number of hydrogen-bond donors (Lipinski definition) is 2. The third-order valence-electron chi connectivity index (χ3n) is 3.62. The van der Waals surface area contributed by atoms with E-state index in [-0.39, 0.29) is 16.6 Å². The highest BCUT2D eigenvalue weighted by Gasteiger charge is 2.31. The number of rotatable bonds is 5. The summed E-state index contributed by atoms with van der Waals surface area (Å²) < 4.78 is 26.5. The van der Waals surface area contributed by atoms with Gasteiger partial charge in [-0.15, -0.1) is 11.3 Å². The zero-order valence-corrected chi connectivity index (χ0v) is 14.7. The number of fused-ring (bicyclic) bond motifs is 1. The van der Waals surface area contributed by atoms with Gasteiger partial charge in [0, 0.05) is 17.0 Å². The molecular weight excluding hydrogens is 346 g/mol. The molecule has 126 valence electrons. The first-order valence-corrected chi connectivity index (χ1v) is 9.84. The number of amides is 1. The van der Waals surface area contributed by atoms with Crippen LogP contribution in [-0.2, 0) is 21.2 Å². The molecule has 1 aromatic heterocycles. The van der Waals surface area contributed by atoms with Crippen LogP contribution in [0, 0.1) is 0 Å². The van der Waals surface area contributed by atoms with E-state index < -0.39 is 16.1 Å². The lowest BCUT2D eigenvalue weighted by Gasteiger charge is -2.09. The predicted octanol–water partition coefficient (Wildman–Crippen LogP) is 1.53. The number of sulfonamides is 1. The number of nitrogens with zero attached hydrogens (tertiary/aromatic N) is 1. The van der Waals surface area contributed by atoms with Crippen molar-refractivity contribution in [1.29, 1.82) is 0 Å². The van der Waals surface area contributed by atoms with Crippen molar-refractivity contribution in [2.75, 3.05) is 6.54 Å². The Morgan fingerprint density at radius 1 is 1.29 bits per heavy atom. The Kier molecular flexibility index (Phi) is 4.68. The fourth-order valence-corrected chi connectivity index (χ4v) is 4.34. The minimum Gasteiger partial charge on any atom is -0.354 e. The van der Waals surface area contributed by atoms with E-state index in [0.717, 1.165) is 6.42 Å². The molecule has 1 aliphatic rings. The molecule has 3 rings (SSSR count). The van der Waals surface area contributed by atoms with E-state index in [0.29, 0.717) is 12.1 Å². The summed E-state index contributed by atoms with van der Waals surface area (Å²) in [4.78, 5) is 17.8. The number of benzene rings is 1. The van der Waals surface area contributed by atoms with Crippen LogP contribution in [0.2, 0.25) is 0 Å². The number of thiophene rings is 1. The fourth-order valence-electron chi connectivity index (χ4n) is 2.39. The maximum atomic E-state index is 12.1. The lowest BCUT2D eigenvalue weighted by molar-refractivity contribution is -0.121. The van der Waals surface area contributed by atoms with E-state index in [4.69, 9.17) is 0 Å². The Hall–Kier alpha value is -2.19. The van der Waals surface area contributed by atoms with E-state index in [1.807, 2.05) is 17.5 Å². The second-order valence-electron chi connectivity index (χ2n) is 5.38. The molecule has 0 spiro atoms. The van der Waals surface area contributed by atoms with Crippen LogP contribution in [0.5, 0.6) is 0 Å². The number of hydrogen-bond acceptors (Lipinski definition) is 5. The smallest absolute Gasteiger partial charge is 0.263 e. The van der Waals surface area contributed by atoms with Gasteiger partial charge in [0.1, 0.15) is 11.9 Å². The molecule has 2 heterocycles. The molecule has 0 aliphatic carbocycles. The van der Waals surface area contributed by atoms with Crippen molar-refractivity contribution in [1.82, 2.24) is 10.0 Å². The van der Waals surface area contributed by atoms with Crippen LogP contribution in [0.15, 0.2) is 51.7 Å². The molecule has 1 amide bonds. The number of carbonyl (C=O) groups excluding carboxylic acids is 1. The van der Waals surface area contributed by atoms with Crippen LogP contribution < -0.4 is 10.0 Å². The lowest BCUT2D eigenvalue weighted by atomic mass is 10.2. The van der Waals surface area contributed by atoms with Crippen LogP contribution in [0.3, 0.4) is 0 Å². The molecule has 0 bridgehead atoms. The molecule has 0 saturated heterocycles. The summed E-state index contributed by atoms with van der Waals surface area (Å²) in [7, 11) is -3.58. The Morgan fingerprint density at radius 2 is 2.08 bits per heavy atom. The molecular formula is C16H17N3O3S2. The van der Waals surface area contributed by atoms with Crippen molar-refractivity contribution in [3.63, 3.8) is 0 Å². The normalized spacial score (nSPS) is 18.0. The maximum Gasteiger partial charge on any atom is 0.263 e. The number of aliphatic imine (C=N–C) groups is 1. The van der Waals surface area contributed by atoms with Crippen molar-refractivity contribution in [3.8, 4) is 0 Å². The largest absolute Gasteiger partial charge is 0.354 e. The SMILES string of the molecule is CC(N=C1NS(=O)(=O)c2ccccc21)C(=O)NCCc1cccs1. The Balaban J connectivity index is 1.66. The minimum absolute atomic E-state index is 0.189. The topological polar surface area (TPSA) is 87.6 Å². The maximum absolute atomic E-state index is 12.1. The highest BCUT2D eigenvalue weighted by atomic mass is 32.2. The Morgan fingerprint density at radius 3 is 2.83 bits per heavy atom. The van der Waals surface area contributed by atoms with Gasteiger partial charge in [-0.2, -0.15) is 0 Å². The van der Waals surface area contributed by atoms with E-state index in [1.54, 1.807) is 36.5 Å². The Labute approximate surface area is 144 Å². The zero-order chi connectivity index (χ0) is 17.2. The second kappa shape index (κ2) is 6.74. The van der Waals surface area contributed by atoms with Crippen molar-refractivity contribution in [2.45, 2.75) is 24.3 Å². The van der Waals surface area contributed by atoms with Gasteiger partial charge in [0.05, 0.1) is 4.90 Å². The standard InChI is InChI=1S/C16H17N3O3S2/c1-11(16(20)17-9-8-12-5-4-10-23-12)18-15-13-6-2-3-7-14(13)24(21,22)19-15/h2-7,10-11H,8-9H2,1H3,(H,17,20)(H,18,19). The van der Waals surface area contributed by atoms with Crippen LogP contribution >= 0.6 is 11.3 Å². The molecule has 0 saturated carbocycles. The molecule has 8 heteroatoms. The molecule has 24 heavy (non-hydrogen) atoms. The van der Waals surface area contributed by atoms with Crippen molar-refractivity contribution in [2.24, 2.45) is 4.99 Å². The first-order valence-electron chi connectivity index (χ1n) is 7.47. The van der Waals surface area contributed by atoms with Gasteiger partial charge in [0.2, 0.25) is 5.91 Å². The van der Waals surface area contributed by atoms with Crippen molar-refractivity contribution >= 4 is 33.1 Å². The van der Waals surface area contributed by atoms with Gasteiger partial charge in [-0.3, -0.25) is 14.5 Å². The van der Waals surface area contributed by atoms with Gasteiger partial charge in [-0.05, 0) is 36.9 Å². The zero-order valence-electron chi connectivity index (χ0n) is 13.0. The molecule has 2 N–H and O–H groups in total. The summed E-state index contributed by atoms with van der Waals surface area (Å²) in [5.74, 6) is -0.0193. The van der Waals surface area contributed by atoms with Gasteiger partial charge >= 0.3 is 0 Å². The van der Waals surface area contributed by atoms with Crippen LogP contribution in [-0.4, -0.2) is 32.7 Å². The van der Waals surface area contributed by atoms with Gasteiger partial charge in [-0.25, -0.2) is 8.42 Å². The highest BCUT2D eigenvalue weighted by Crippen LogP contribution is 2.22. The van der Waals surface area contributed by atoms with Crippen LogP contribution in [0.4, 0.5) is 0 Å². The van der Waals surface area contributed by atoms with Gasteiger partial charge in [0.25, 0.3) is 10.0 Å². The van der Waals surface area contributed by atoms with Crippen LogP contribution in [0.25, 0.3) is 0 Å². The summed E-state index contributed by atoms with van der Waals surface area (Å²) in [5, 5.41) is 4.82. The van der Waals surface area contributed by atoms with E-state index in [2.05, 4.69) is 15.0 Å². The van der Waals surface area contributed by atoms with E-state index in [9.17, 15) is 13.2 Å². The minimum atomic E-state index is -3.58. The third kappa shape index (κ3) is 3.49. The molecule has 6 nitrogen and oxygen atoms in total. The first kappa shape index (κ1) is 16.7. The summed E-state index contributed by atoms with van der Waals surface area (Å²) in [6, 6.07) is 9.89.